The van der Waals surface area contributed by atoms with Gasteiger partial charge in [-0.15, -0.1) is 0 Å². The van der Waals surface area contributed by atoms with E-state index in [1.165, 1.54) is 0 Å². The van der Waals surface area contributed by atoms with Crippen molar-refractivity contribution in [2.75, 3.05) is 19.8 Å². The Morgan fingerprint density at radius 1 is 1.08 bits per heavy atom. The highest BCUT2D eigenvalue weighted by Crippen LogP contribution is 2.32. The van der Waals surface area contributed by atoms with Crippen molar-refractivity contribution < 1.29 is 19.6 Å². The first-order chi connectivity index (χ1) is 12.5. The Labute approximate surface area is 158 Å². The number of fused-ring (bicyclic) bond motifs is 1. The Bertz CT molecular complexity index is 764. The molecule has 0 unspecified atom stereocenters. The Morgan fingerprint density at radius 3 is 2.46 bits per heavy atom. The fourth-order valence-corrected chi connectivity index (χ4v) is 3.03. The van der Waals surface area contributed by atoms with Crippen molar-refractivity contribution >= 4 is 17.5 Å². The molecule has 1 amide bonds. The second-order valence-electron chi connectivity index (χ2n) is 6.47. The highest BCUT2D eigenvalue weighted by molar-refractivity contribution is 6.30. The molecule has 138 valence electrons. The van der Waals surface area contributed by atoms with Gasteiger partial charge in [0.25, 0.3) is 5.91 Å². The second kappa shape index (κ2) is 8.43. The summed E-state index contributed by atoms with van der Waals surface area (Å²) in [5.41, 5.74) is 2.13. The average molecular weight is 376 g/mol. The van der Waals surface area contributed by atoms with E-state index in [9.17, 15) is 4.79 Å². The standard InChI is InChI=1S/C20H23ClN2O3/c1-13(15-3-6-17(21)7-4-15)22-12-20(24)23-14(2)16-5-8-18-19(11-16)26-10-9-25-18/h3-8,11,13-14,22H,9-10,12H2,1-2H3,(H,23,24)/p+1/t13-,14-/m0/s1. The van der Waals surface area contributed by atoms with Gasteiger partial charge in [-0.05, 0) is 43.7 Å². The maximum Gasteiger partial charge on any atom is 0.275 e. The van der Waals surface area contributed by atoms with E-state index in [1.807, 2.05) is 54.7 Å². The molecule has 2 atom stereocenters. The van der Waals surface area contributed by atoms with Crippen molar-refractivity contribution in [3.05, 3.63) is 58.6 Å². The molecule has 0 aromatic heterocycles. The quantitative estimate of drug-likeness (QED) is 0.815. The molecule has 26 heavy (non-hydrogen) atoms. The first-order valence-electron chi connectivity index (χ1n) is 8.80. The van der Waals surface area contributed by atoms with Gasteiger partial charge in [0.05, 0.1) is 6.04 Å². The van der Waals surface area contributed by atoms with E-state index in [4.69, 9.17) is 21.1 Å². The number of halogens is 1. The van der Waals surface area contributed by atoms with Gasteiger partial charge in [-0.2, -0.15) is 0 Å². The molecule has 0 saturated carbocycles. The number of rotatable bonds is 6. The van der Waals surface area contributed by atoms with E-state index in [0.717, 1.165) is 22.6 Å². The lowest BCUT2D eigenvalue weighted by molar-refractivity contribution is -0.682. The Morgan fingerprint density at radius 2 is 1.73 bits per heavy atom. The number of nitrogens with one attached hydrogen (secondary N) is 1. The average Bonchev–Trinajstić information content (AvgIpc) is 2.66. The van der Waals surface area contributed by atoms with Crippen molar-refractivity contribution in [2.24, 2.45) is 0 Å². The fraction of sp³-hybridized carbons (Fsp3) is 0.350. The number of nitrogens with two attached hydrogens (primary N) is 1. The summed E-state index contributed by atoms with van der Waals surface area (Å²) in [4.78, 5) is 12.3. The number of ether oxygens (including phenoxy) is 2. The molecule has 1 aliphatic rings. The Kier molecular flexibility index (Phi) is 6.01. The van der Waals surface area contributed by atoms with Crippen LogP contribution in [0.25, 0.3) is 0 Å². The zero-order chi connectivity index (χ0) is 18.5. The summed E-state index contributed by atoms with van der Waals surface area (Å²) in [5.74, 6) is 1.48. The minimum absolute atomic E-state index is 0.00629. The molecule has 1 heterocycles. The smallest absolute Gasteiger partial charge is 0.275 e. The first kappa shape index (κ1) is 18.5. The molecule has 0 aliphatic carbocycles. The Hall–Kier alpha value is -2.24. The lowest BCUT2D eigenvalue weighted by Gasteiger charge is -2.21. The van der Waals surface area contributed by atoms with Crippen LogP contribution in [0.1, 0.15) is 37.1 Å². The van der Waals surface area contributed by atoms with Crippen molar-refractivity contribution in [1.82, 2.24) is 5.32 Å². The number of hydrogen-bond acceptors (Lipinski definition) is 3. The van der Waals surface area contributed by atoms with Crippen LogP contribution < -0.4 is 20.1 Å². The van der Waals surface area contributed by atoms with E-state index in [1.54, 1.807) is 0 Å². The molecule has 0 spiro atoms. The SMILES string of the molecule is C[C@H](NC(=O)C[NH2+][C@@H](C)c1ccc(Cl)cc1)c1ccc2c(c1)OCCO2. The van der Waals surface area contributed by atoms with Gasteiger partial charge in [0.15, 0.2) is 18.0 Å². The topological polar surface area (TPSA) is 64.2 Å². The molecule has 0 bridgehead atoms. The lowest BCUT2D eigenvalue weighted by atomic mass is 10.1. The summed E-state index contributed by atoms with van der Waals surface area (Å²) in [7, 11) is 0. The van der Waals surface area contributed by atoms with Gasteiger partial charge in [0.2, 0.25) is 0 Å². The molecule has 3 N–H and O–H groups in total. The molecule has 1 aliphatic heterocycles. The summed E-state index contributed by atoms with van der Waals surface area (Å²) >= 11 is 5.91. The zero-order valence-electron chi connectivity index (χ0n) is 15.0. The normalized spacial score (nSPS) is 15.2. The van der Waals surface area contributed by atoms with Gasteiger partial charge in [0.1, 0.15) is 19.3 Å². The highest BCUT2D eigenvalue weighted by Gasteiger charge is 2.17. The predicted octanol–water partition coefficient (Wildman–Crippen LogP) is 2.61. The van der Waals surface area contributed by atoms with Crippen LogP contribution in [-0.4, -0.2) is 25.7 Å². The molecule has 5 nitrogen and oxygen atoms in total. The van der Waals surface area contributed by atoms with Gasteiger partial charge >= 0.3 is 0 Å². The minimum atomic E-state index is -0.0995. The monoisotopic (exact) mass is 375 g/mol. The molecule has 0 saturated heterocycles. The molecule has 0 fully saturated rings. The second-order valence-corrected chi connectivity index (χ2v) is 6.91. The number of hydrogen-bond donors (Lipinski definition) is 2. The van der Waals surface area contributed by atoms with Gasteiger partial charge in [-0.3, -0.25) is 4.79 Å². The number of benzene rings is 2. The van der Waals surface area contributed by atoms with Crippen molar-refractivity contribution in [3.63, 3.8) is 0 Å². The van der Waals surface area contributed by atoms with Crippen molar-refractivity contribution in [3.8, 4) is 11.5 Å². The van der Waals surface area contributed by atoms with Gasteiger partial charge in [0, 0.05) is 10.6 Å². The molecule has 0 radical (unpaired) electrons. The summed E-state index contributed by atoms with van der Waals surface area (Å²) in [6.45, 7) is 5.51. The number of quaternary nitrogens is 1. The van der Waals surface area contributed by atoms with E-state index in [-0.39, 0.29) is 18.0 Å². The zero-order valence-corrected chi connectivity index (χ0v) is 15.8. The van der Waals surface area contributed by atoms with Gasteiger partial charge in [-0.1, -0.05) is 29.8 Å². The molecular formula is C20H24ClN2O3+. The summed E-state index contributed by atoms with van der Waals surface area (Å²) in [6, 6.07) is 13.6. The van der Waals surface area contributed by atoms with E-state index in [0.29, 0.717) is 24.8 Å². The van der Waals surface area contributed by atoms with Crippen LogP contribution in [0, 0.1) is 0 Å². The summed E-state index contributed by atoms with van der Waals surface area (Å²) in [5, 5.41) is 5.76. The third-order valence-corrected chi connectivity index (χ3v) is 4.75. The number of carbonyl (C=O) groups is 1. The highest BCUT2D eigenvalue weighted by atomic mass is 35.5. The third kappa shape index (κ3) is 4.68. The lowest BCUT2D eigenvalue weighted by Crippen LogP contribution is -2.87. The Balaban J connectivity index is 1.52. The van der Waals surface area contributed by atoms with E-state index in [2.05, 4.69) is 12.2 Å². The van der Waals surface area contributed by atoms with Crippen LogP contribution >= 0.6 is 11.6 Å². The van der Waals surface area contributed by atoms with Gasteiger partial charge < -0.3 is 20.1 Å². The van der Waals surface area contributed by atoms with Crippen LogP contribution in [0.15, 0.2) is 42.5 Å². The summed E-state index contributed by atoms with van der Waals surface area (Å²) < 4.78 is 11.1. The van der Waals surface area contributed by atoms with E-state index >= 15 is 0 Å². The summed E-state index contributed by atoms with van der Waals surface area (Å²) in [6.07, 6.45) is 0. The fourth-order valence-electron chi connectivity index (χ4n) is 2.90. The molecular weight excluding hydrogens is 352 g/mol. The largest absolute Gasteiger partial charge is 0.486 e. The first-order valence-corrected chi connectivity index (χ1v) is 9.18. The van der Waals surface area contributed by atoms with Crippen LogP contribution in [0.5, 0.6) is 11.5 Å². The van der Waals surface area contributed by atoms with Gasteiger partial charge in [-0.25, -0.2) is 0 Å². The number of carbonyl (C=O) groups excluding carboxylic acids is 1. The molecule has 6 heteroatoms. The molecule has 2 aromatic rings. The van der Waals surface area contributed by atoms with Crippen molar-refractivity contribution in [2.45, 2.75) is 25.9 Å². The molecule has 2 aromatic carbocycles. The van der Waals surface area contributed by atoms with Crippen LogP contribution in [0.3, 0.4) is 0 Å². The predicted molar refractivity (Wildman–Crippen MR) is 101 cm³/mol. The maximum atomic E-state index is 12.3. The van der Waals surface area contributed by atoms with Crippen LogP contribution in [-0.2, 0) is 4.79 Å². The van der Waals surface area contributed by atoms with Crippen LogP contribution in [0.4, 0.5) is 0 Å². The maximum absolute atomic E-state index is 12.3. The van der Waals surface area contributed by atoms with E-state index < -0.39 is 0 Å². The molecule has 3 rings (SSSR count). The van der Waals surface area contributed by atoms with Crippen LogP contribution in [0.2, 0.25) is 5.02 Å². The number of amides is 1. The third-order valence-electron chi connectivity index (χ3n) is 4.50. The van der Waals surface area contributed by atoms with Crippen molar-refractivity contribution in [1.29, 1.82) is 0 Å². The minimum Gasteiger partial charge on any atom is -0.486 e.